The van der Waals surface area contributed by atoms with Gasteiger partial charge in [0.05, 0.1) is 13.0 Å². The lowest BCUT2D eigenvalue weighted by atomic mass is 10.1. The molecule has 5 nitrogen and oxygen atoms in total. The Hall–Kier alpha value is -2.37. The molecule has 1 heterocycles. The van der Waals surface area contributed by atoms with E-state index in [4.69, 9.17) is 15.0 Å². The van der Waals surface area contributed by atoms with Crippen LogP contribution < -0.4 is 10.5 Å². The van der Waals surface area contributed by atoms with Crippen molar-refractivity contribution in [3.63, 3.8) is 0 Å². The third-order valence-corrected chi connectivity index (χ3v) is 3.83. The lowest BCUT2D eigenvalue weighted by Gasteiger charge is -2.08. The molecule has 3 aromatic rings. The van der Waals surface area contributed by atoms with Crippen LogP contribution in [-0.4, -0.2) is 16.7 Å². The summed E-state index contributed by atoms with van der Waals surface area (Å²) in [6.07, 6.45) is 0.571. The fraction of sp³-hybridized carbons (Fsp3) is 0.263. The number of hydrogen-bond acceptors (Lipinski definition) is 5. The summed E-state index contributed by atoms with van der Waals surface area (Å²) in [6.45, 7) is 5.10. The number of nitrogens with zero attached hydrogens (tertiary/aromatic N) is 2. The molecular formula is C19H22ClN3O2. The Morgan fingerprint density at radius 2 is 1.84 bits per heavy atom. The fourth-order valence-electron chi connectivity index (χ4n) is 2.37. The summed E-state index contributed by atoms with van der Waals surface area (Å²) in [4.78, 5) is 4.42. The molecule has 0 spiro atoms. The summed E-state index contributed by atoms with van der Waals surface area (Å²) < 4.78 is 11.1. The standard InChI is InChI=1S/C19H21N3O2.ClH/c1-13-3-4-14(2)17(11-13)23-10-9-18-21-19(22-24-18)16-7-5-15(12-20)6-8-16;/h3-8,11H,9-10,12,20H2,1-2H3;1H. The van der Waals surface area contributed by atoms with Crippen LogP contribution >= 0.6 is 12.4 Å². The second kappa shape index (κ2) is 8.65. The molecule has 0 radical (unpaired) electrons. The molecular weight excluding hydrogens is 338 g/mol. The molecule has 0 aliphatic carbocycles. The van der Waals surface area contributed by atoms with Crippen molar-refractivity contribution < 1.29 is 9.26 Å². The molecule has 3 rings (SSSR count). The van der Waals surface area contributed by atoms with Gasteiger partial charge in [-0.3, -0.25) is 0 Å². The summed E-state index contributed by atoms with van der Waals surface area (Å²) in [7, 11) is 0. The van der Waals surface area contributed by atoms with Gasteiger partial charge in [-0.25, -0.2) is 0 Å². The predicted molar refractivity (Wildman–Crippen MR) is 100.0 cm³/mol. The highest BCUT2D eigenvalue weighted by Gasteiger charge is 2.09. The molecule has 6 heteroatoms. The second-order valence-electron chi connectivity index (χ2n) is 5.78. The highest BCUT2D eigenvalue weighted by Crippen LogP contribution is 2.20. The van der Waals surface area contributed by atoms with E-state index in [1.165, 1.54) is 5.56 Å². The molecule has 2 N–H and O–H groups in total. The second-order valence-corrected chi connectivity index (χ2v) is 5.78. The Bertz CT molecular complexity index is 816. The van der Waals surface area contributed by atoms with E-state index in [2.05, 4.69) is 22.3 Å². The van der Waals surface area contributed by atoms with Crippen LogP contribution in [0.25, 0.3) is 11.4 Å². The molecule has 0 aliphatic heterocycles. The Labute approximate surface area is 153 Å². The van der Waals surface area contributed by atoms with E-state index in [0.717, 1.165) is 22.4 Å². The average molecular weight is 360 g/mol. The van der Waals surface area contributed by atoms with Crippen LogP contribution in [0.1, 0.15) is 22.6 Å². The number of aryl methyl sites for hydroxylation is 2. The Kier molecular flexibility index (Phi) is 6.56. The van der Waals surface area contributed by atoms with Crippen molar-refractivity contribution in [3.05, 3.63) is 65.0 Å². The minimum Gasteiger partial charge on any atom is -0.493 e. The topological polar surface area (TPSA) is 74.2 Å². The van der Waals surface area contributed by atoms with Crippen molar-refractivity contribution >= 4 is 12.4 Å². The van der Waals surface area contributed by atoms with Crippen molar-refractivity contribution in [2.24, 2.45) is 5.73 Å². The molecule has 132 valence electrons. The molecule has 0 atom stereocenters. The third-order valence-electron chi connectivity index (χ3n) is 3.83. The first-order valence-corrected chi connectivity index (χ1v) is 7.98. The van der Waals surface area contributed by atoms with E-state index in [-0.39, 0.29) is 12.4 Å². The first-order valence-electron chi connectivity index (χ1n) is 7.98. The summed E-state index contributed by atoms with van der Waals surface area (Å²) in [5.74, 6) is 2.05. The van der Waals surface area contributed by atoms with Crippen LogP contribution in [-0.2, 0) is 13.0 Å². The monoisotopic (exact) mass is 359 g/mol. The number of nitrogens with two attached hydrogens (primary N) is 1. The SMILES string of the molecule is Cc1ccc(C)c(OCCc2nc(-c3ccc(CN)cc3)no2)c1.Cl. The van der Waals surface area contributed by atoms with Gasteiger partial charge in [-0.05, 0) is 36.6 Å². The van der Waals surface area contributed by atoms with E-state index in [0.29, 0.717) is 31.3 Å². The van der Waals surface area contributed by atoms with Crippen LogP contribution in [0.15, 0.2) is 47.0 Å². The van der Waals surface area contributed by atoms with Crippen LogP contribution in [0.4, 0.5) is 0 Å². The van der Waals surface area contributed by atoms with Gasteiger partial charge in [0, 0.05) is 12.1 Å². The predicted octanol–water partition coefficient (Wildman–Crippen LogP) is 3.86. The maximum Gasteiger partial charge on any atom is 0.230 e. The zero-order valence-electron chi connectivity index (χ0n) is 14.4. The zero-order chi connectivity index (χ0) is 16.9. The molecule has 25 heavy (non-hydrogen) atoms. The van der Waals surface area contributed by atoms with Crippen molar-refractivity contribution in [2.75, 3.05) is 6.61 Å². The Morgan fingerprint density at radius 1 is 1.08 bits per heavy atom. The van der Waals surface area contributed by atoms with Gasteiger partial charge in [0.25, 0.3) is 0 Å². The van der Waals surface area contributed by atoms with E-state index in [9.17, 15) is 0 Å². The zero-order valence-corrected chi connectivity index (χ0v) is 15.2. The lowest BCUT2D eigenvalue weighted by molar-refractivity contribution is 0.291. The first-order chi connectivity index (χ1) is 11.7. The minimum absolute atomic E-state index is 0. The van der Waals surface area contributed by atoms with E-state index in [1.54, 1.807) is 0 Å². The van der Waals surface area contributed by atoms with Crippen LogP contribution in [0.5, 0.6) is 5.75 Å². The molecule has 0 unspecified atom stereocenters. The van der Waals surface area contributed by atoms with Gasteiger partial charge in [0.2, 0.25) is 11.7 Å². The van der Waals surface area contributed by atoms with Crippen molar-refractivity contribution in [2.45, 2.75) is 26.8 Å². The largest absolute Gasteiger partial charge is 0.493 e. The number of aromatic nitrogens is 2. The van der Waals surface area contributed by atoms with Crippen LogP contribution in [0.2, 0.25) is 0 Å². The highest BCUT2D eigenvalue weighted by molar-refractivity contribution is 5.85. The smallest absolute Gasteiger partial charge is 0.230 e. The van der Waals surface area contributed by atoms with Gasteiger partial charge in [0.15, 0.2) is 0 Å². The number of rotatable bonds is 6. The number of halogens is 1. The van der Waals surface area contributed by atoms with E-state index < -0.39 is 0 Å². The normalized spacial score (nSPS) is 10.4. The van der Waals surface area contributed by atoms with Gasteiger partial charge in [0.1, 0.15) is 5.75 Å². The maximum absolute atomic E-state index is 5.83. The highest BCUT2D eigenvalue weighted by atomic mass is 35.5. The number of hydrogen-bond donors (Lipinski definition) is 1. The molecule has 1 aromatic heterocycles. The summed E-state index contributed by atoms with van der Waals surface area (Å²) >= 11 is 0. The van der Waals surface area contributed by atoms with Crippen LogP contribution in [0, 0.1) is 13.8 Å². The maximum atomic E-state index is 5.83. The molecule has 0 amide bonds. The Morgan fingerprint density at radius 3 is 2.56 bits per heavy atom. The molecule has 2 aromatic carbocycles. The first kappa shape index (κ1) is 19.0. The van der Waals surface area contributed by atoms with Crippen molar-refractivity contribution in [3.8, 4) is 17.1 Å². The minimum atomic E-state index is 0. The Balaban J connectivity index is 0.00000225. The van der Waals surface area contributed by atoms with Crippen molar-refractivity contribution in [1.82, 2.24) is 10.1 Å². The lowest BCUT2D eigenvalue weighted by Crippen LogP contribution is -2.03. The van der Waals surface area contributed by atoms with E-state index >= 15 is 0 Å². The van der Waals surface area contributed by atoms with Gasteiger partial charge >= 0.3 is 0 Å². The van der Waals surface area contributed by atoms with Crippen LogP contribution in [0.3, 0.4) is 0 Å². The van der Waals surface area contributed by atoms with Crippen molar-refractivity contribution in [1.29, 1.82) is 0 Å². The van der Waals surface area contributed by atoms with Gasteiger partial charge in [-0.15, -0.1) is 12.4 Å². The summed E-state index contributed by atoms with van der Waals surface area (Å²) in [5, 5.41) is 4.03. The molecule has 0 fully saturated rings. The van der Waals surface area contributed by atoms with E-state index in [1.807, 2.05) is 44.2 Å². The summed E-state index contributed by atoms with van der Waals surface area (Å²) in [5.41, 5.74) is 9.88. The van der Waals surface area contributed by atoms with Gasteiger partial charge in [-0.1, -0.05) is 41.6 Å². The quantitative estimate of drug-likeness (QED) is 0.723. The number of ether oxygens (including phenoxy) is 1. The number of benzene rings is 2. The summed E-state index contributed by atoms with van der Waals surface area (Å²) in [6, 6.07) is 14.0. The van der Waals surface area contributed by atoms with Gasteiger partial charge < -0.3 is 15.0 Å². The van der Waals surface area contributed by atoms with Gasteiger partial charge in [-0.2, -0.15) is 4.98 Å². The third kappa shape index (κ3) is 4.81. The molecule has 0 saturated heterocycles. The molecule has 0 aliphatic rings. The average Bonchev–Trinajstić information content (AvgIpc) is 3.07. The molecule has 0 saturated carbocycles. The fourth-order valence-corrected chi connectivity index (χ4v) is 2.37. The molecule has 0 bridgehead atoms.